The number of nitrogens with zero attached hydrogens (tertiary/aromatic N) is 1. The van der Waals surface area contributed by atoms with Crippen LogP contribution in [-0.2, 0) is 4.74 Å². The lowest BCUT2D eigenvalue weighted by atomic mass is 10.1. The highest BCUT2D eigenvalue weighted by Gasteiger charge is 2.23. The summed E-state index contributed by atoms with van der Waals surface area (Å²) in [5.74, 6) is -0.288. The Labute approximate surface area is 157 Å². The van der Waals surface area contributed by atoms with Crippen LogP contribution in [0.4, 0.5) is 20.3 Å². The molecule has 0 radical (unpaired) electrons. The van der Waals surface area contributed by atoms with Crippen LogP contribution in [0.2, 0.25) is 0 Å². The van der Waals surface area contributed by atoms with E-state index in [1.807, 2.05) is 13.8 Å². The van der Waals surface area contributed by atoms with Crippen LogP contribution in [-0.4, -0.2) is 29.9 Å². The van der Waals surface area contributed by atoms with Crippen molar-refractivity contribution < 1.29 is 23.0 Å². The van der Waals surface area contributed by atoms with Gasteiger partial charge in [0.1, 0.15) is 11.6 Å². The van der Waals surface area contributed by atoms with Gasteiger partial charge in [-0.3, -0.25) is 0 Å². The lowest BCUT2D eigenvalue weighted by Crippen LogP contribution is -2.19. The number of carbonyl (C=O) groups is 1. The van der Waals surface area contributed by atoms with Crippen molar-refractivity contribution in [1.82, 2.24) is 4.98 Å². The molecule has 0 spiro atoms. The lowest BCUT2D eigenvalue weighted by Gasteiger charge is -2.15. The number of carbonyl (C=O) groups excluding carboxylic acids is 1. The molecule has 0 unspecified atom stereocenters. The molecule has 0 saturated heterocycles. The molecule has 0 saturated carbocycles. The van der Waals surface area contributed by atoms with E-state index in [-0.39, 0.29) is 22.8 Å². The number of alkyl halides is 2. The number of halogens is 2. The molecule has 0 aliphatic heterocycles. The molecular formula is C19H23F2N3O3. The Bertz CT molecular complexity index is 788. The summed E-state index contributed by atoms with van der Waals surface area (Å²) in [7, 11) is 1.25. The summed E-state index contributed by atoms with van der Waals surface area (Å²) >= 11 is 0. The Morgan fingerprint density at radius 1 is 1.19 bits per heavy atom. The third kappa shape index (κ3) is 6.32. The van der Waals surface area contributed by atoms with Gasteiger partial charge in [0.25, 0.3) is 0 Å². The molecule has 0 fully saturated rings. The van der Waals surface area contributed by atoms with Crippen molar-refractivity contribution in [2.75, 3.05) is 12.4 Å². The quantitative estimate of drug-likeness (QED) is 0.544. The maximum atomic E-state index is 12.8. The standard InChI is InChI=1S/C17H17F2N3O3.C2H6/c1-10(20)14-13(16(23)24-3)8-9-21-15(14)22-11-4-6-12(7-5-11)25-17(2,18)19;1-2/h4-9,20H,1-3H3,(H,21,22);1-2H3. The van der Waals surface area contributed by atoms with Gasteiger partial charge in [-0.05, 0) is 37.3 Å². The van der Waals surface area contributed by atoms with Gasteiger partial charge in [-0.15, -0.1) is 0 Å². The van der Waals surface area contributed by atoms with Gasteiger partial charge in [-0.25, -0.2) is 9.78 Å². The molecule has 1 aromatic carbocycles. The number of methoxy groups -OCH3 is 1. The fourth-order valence-corrected chi connectivity index (χ4v) is 2.17. The summed E-state index contributed by atoms with van der Waals surface area (Å²) in [6.07, 6.45) is -1.86. The Morgan fingerprint density at radius 2 is 1.78 bits per heavy atom. The molecule has 0 aliphatic rings. The molecule has 6 nitrogen and oxygen atoms in total. The van der Waals surface area contributed by atoms with E-state index >= 15 is 0 Å². The maximum Gasteiger partial charge on any atom is 0.394 e. The van der Waals surface area contributed by atoms with Crippen LogP contribution in [0.15, 0.2) is 36.5 Å². The number of aromatic nitrogens is 1. The predicted octanol–water partition coefficient (Wildman–Crippen LogP) is 5.02. The topological polar surface area (TPSA) is 84.3 Å². The van der Waals surface area contributed by atoms with E-state index in [2.05, 4.69) is 15.0 Å². The first-order chi connectivity index (χ1) is 12.7. The third-order valence-electron chi connectivity index (χ3n) is 3.15. The molecule has 0 aliphatic carbocycles. The number of benzene rings is 1. The predicted molar refractivity (Wildman–Crippen MR) is 100 cm³/mol. The highest BCUT2D eigenvalue weighted by Crippen LogP contribution is 2.26. The van der Waals surface area contributed by atoms with Crippen molar-refractivity contribution in [2.24, 2.45) is 0 Å². The van der Waals surface area contributed by atoms with Gasteiger partial charge in [-0.1, -0.05) is 13.8 Å². The van der Waals surface area contributed by atoms with Gasteiger partial charge in [0.05, 0.1) is 18.2 Å². The van der Waals surface area contributed by atoms with Crippen LogP contribution in [0, 0.1) is 5.41 Å². The zero-order chi connectivity index (χ0) is 20.6. The van der Waals surface area contributed by atoms with Gasteiger partial charge < -0.3 is 20.2 Å². The van der Waals surface area contributed by atoms with Gasteiger partial charge >= 0.3 is 12.1 Å². The van der Waals surface area contributed by atoms with Crippen LogP contribution in [0.3, 0.4) is 0 Å². The number of anilines is 2. The molecule has 0 bridgehead atoms. The smallest absolute Gasteiger partial charge is 0.394 e. The summed E-state index contributed by atoms with van der Waals surface area (Å²) in [6, 6.07) is 7.26. The zero-order valence-electron chi connectivity index (χ0n) is 15.9. The average molecular weight is 379 g/mol. The summed E-state index contributed by atoms with van der Waals surface area (Å²) in [4.78, 5) is 16.0. The second-order valence-corrected chi connectivity index (χ2v) is 5.26. The van der Waals surface area contributed by atoms with Gasteiger partial charge in [0.2, 0.25) is 0 Å². The first-order valence-electron chi connectivity index (χ1n) is 8.28. The fourth-order valence-electron chi connectivity index (χ4n) is 2.17. The Kier molecular flexibility index (Phi) is 7.83. The Balaban J connectivity index is 0.00000176. The number of hydrogen-bond acceptors (Lipinski definition) is 6. The van der Waals surface area contributed by atoms with E-state index in [9.17, 15) is 13.6 Å². The Morgan fingerprint density at radius 3 is 2.26 bits per heavy atom. The molecule has 1 aromatic heterocycles. The molecule has 146 valence electrons. The minimum Gasteiger partial charge on any atom is -0.465 e. The normalized spacial score (nSPS) is 10.3. The molecule has 8 heteroatoms. The second-order valence-electron chi connectivity index (χ2n) is 5.26. The first-order valence-corrected chi connectivity index (χ1v) is 8.28. The SMILES string of the molecule is CC.COC(=O)c1ccnc(Nc2ccc(OC(C)(F)F)cc2)c1C(C)=N. The number of pyridine rings is 1. The van der Waals surface area contributed by atoms with Crippen LogP contribution in [0.25, 0.3) is 0 Å². The highest BCUT2D eigenvalue weighted by atomic mass is 19.3. The van der Waals surface area contributed by atoms with Crippen molar-refractivity contribution in [2.45, 2.75) is 33.8 Å². The van der Waals surface area contributed by atoms with Crippen molar-refractivity contribution in [3.05, 3.63) is 47.7 Å². The summed E-state index contributed by atoms with van der Waals surface area (Å²) in [6.45, 7) is 6.18. The zero-order valence-corrected chi connectivity index (χ0v) is 15.9. The second kappa shape index (κ2) is 9.61. The minimum absolute atomic E-state index is 0.0118. The van der Waals surface area contributed by atoms with E-state index in [4.69, 9.17) is 10.1 Å². The Hall–Kier alpha value is -3.03. The van der Waals surface area contributed by atoms with Crippen LogP contribution in [0.5, 0.6) is 5.75 Å². The number of ether oxygens (including phenoxy) is 2. The van der Waals surface area contributed by atoms with E-state index in [0.717, 1.165) is 0 Å². The van der Waals surface area contributed by atoms with E-state index < -0.39 is 12.1 Å². The third-order valence-corrected chi connectivity index (χ3v) is 3.15. The van der Waals surface area contributed by atoms with Gasteiger partial charge in [-0.2, -0.15) is 8.78 Å². The van der Waals surface area contributed by atoms with E-state index in [1.165, 1.54) is 50.6 Å². The van der Waals surface area contributed by atoms with Crippen molar-refractivity contribution in [3.8, 4) is 5.75 Å². The van der Waals surface area contributed by atoms with Crippen LogP contribution in [0.1, 0.15) is 43.6 Å². The highest BCUT2D eigenvalue weighted by molar-refractivity contribution is 6.10. The molecule has 2 N–H and O–H groups in total. The largest absolute Gasteiger partial charge is 0.465 e. The van der Waals surface area contributed by atoms with Crippen LogP contribution < -0.4 is 10.1 Å². The van der Waals surface area contributed by atoms with Crippen LogP contribution >= 0.6 is 0 Å². The number of nitrogens with one attached hydrogen (secondary N) is 2. The maximum absolute atomic E-state index is 12.8. The lowest BCUT2D eigenvalue weighted by molar-refractivity contribution is -0.158. The summed E-state index contributed by atoms with van der Waals surface area (Å²) in [5.41, 5.74) is 1.17. The number of hydrogen-bond donors (Lipinski definition) is 2. The number of rotatable bonds is 6. The van der Waals surface area contributed by atoms with E-state index in [0.29, 0.717) is 18.2 Å². The molecule has 2 aromatic rings. The molecule has 1 heterocycles. The molecule has 0 atom stereocenters. The molecule has 27 heavy (non-hydrogen) atoms. The molecule has 2 rings (SSSR count). The first kappa shape index (κ1) is 22.0. The minimum atomic E-state index is -3.27. The van der Waals surface area contributed by atoms with Gasteiger partial charge in [0.15, 0.2) is 0 Å². The van der Waals surface area contributed by atoms with Crippen molar-refractivity contribution in [3.63, 3.8) is 0 Å². The summed E-state index contributed by atoms with van der Waals surface area (Å²) < 4.78 is 34.8. The monoisotopic (exact) mass is 379 g/mol. The van der Waals surface area contributed by atoms with Gasteiger partial charge in [0, 0.05) is 24.5 Å². The molecule has 0 amide bonds. The average Bonchev–Trinajstić information content (AvgIpc) is 2.62. The molecular weight excluding hydrogens is 356 g/mol. The number of esters is 1. The summed E-state index contributed by atoms with van der Waals surface area (Å²) in [5, 5.41) is 10.9. The van der Waals surface area contributed by atoms with Crippen molar-refractivity contribution >= 4 is 23.2 Å². The van der Waals surface area contributed by atoms with Crippen molar-refractivity contribution in [1.29, 1.82) is 5.41 Å². The van der Waals surface area contributed by atoms with E-state index in [1.54, 1.807) is 0 Å². The fraction of sp³-hybridized carbons (Fsp3) is 0.316.